The first-order valence-corrected chi connectivity index (χ1v) is 10.8. The number of aromatic amines is 1. The van der Waals surface area contributed by atoms with Crippen molar-refractivity contribution in [2.45, 2.75) is 31.9 Å². The topological polar surface area (TPSA) is 101 Å². The van der Waals surface area contributed by atoms with E-state index in [1.165, 1.54) is 11.9 Å². The minimum Gasteiger partial charge on any atom is -0.340 e. The van der Waals surface area contributed by atoms with Gasteiger partial charge in [-0.1, -0.05) is 38.1 Å². The van der Waals surface area contributed by atoms with E-state index in [0.717, 1.165) is 16.8 Å². The van der Waals surface area contributed by atoms with Gasteiger partial charge in [0.05, 0.1) is 23.0 Å². The maximum atomic E-state index is 12.5. The van der Waals surface area contributed by atoms with Crippen molar-refractivity contribution in [1.29, 1.82) is 0 Å². The predicted molar refractivity (Wildman–Crippen MR) is 117 cm³/mol. The third-order valence-electron chi connectivity index (χ3n) is 5.32. The minimum atomic E-state index is -0.0568. The Kier molecular flexibility index (Phi) is 4.54. The van der Waals surface area contributed by atoms with Crippen molar-refractivity contribution < 1.29 is 4.79 Å². The van der Waals surface area contributed by atoms with E-state index in [4.69, 9.17) is 5.10 Å². The molecule has 0 radical (unpaired) electrons. The zero-order valence-corrected chi connectivity index (χ0v) is 17.7. The van der Waals surface area contributed by atoms with Crippen LogP contribution in [0.25, 0.3) is 17.0 Å². The number of nitrogens with one attached hydrogen (secondary N) is 2. The van der Waals surface area contributed by atoms with Crippen LogP contribution in [0, 0.1) is 6.92 Å². The molecule has 0 spiro atoms. The zero-order valence-electron chi connectivity index (χ0n) is 16.9. The fourth-order valence-electron chi connectivity index (χ4n) is 3.77. The molecule has 1 amide bonds. The van der Waals surface area contributed by atoms with E-state index in [0.29, 0.717) is 34.5 Å². The van der Waals surface area contributed by atoms with Crippen molar-refractivity contribution in [3.8, 4) is 5.82 Å². The average molecular weight is 420 g/mol. The molecule has 4 heterocycles. The van der Waals surface area contributed by atoms with Gasteiger partial charge < -0.3 is 10.3 Å². The molecule has 0 bridgehead atoms. The first-order valence-electron chi connectivity index (χ1n) is 9.78. The molecule has 0 fully saturated rings. The molecule has 30 heavy (non-hydrogen) atoms. The fourth-order valence-corrected chi connectivity index (χ4v) is 4.96. The third-order valence-corrected chi connectivity index (χ3v) is 6.59. The number of hydrogen-bond acceptors (Lipinski definition) is 6. The molecule has 152 valence electrons. The number of thioether (sulfide) groups is 1. The maximum Gasteiger partial charge on any atom is 0.235 e. The van der Waals surface area contributed by atoms with Crippen molar-refractivity contribution in [1.82, 2.24) is 29.7 Å². The van der Waals surface area contributed by atoms with Crippen LogP contribution in [0.2, 0.25) is 0 Å². The molecule has 1 aliphatic rings. The summed E-state index contributed by atoms with van der Waals surface area (Å²) in [6.07, 6.45) is 3.03. The summed E-state index contributed by atoms with van der Waals surface area (Å²) in [6.45, 7) is 6.33. The van der Waals surface area contributed by atoms with Gasteiger partial charge in [0.25, 0.3) is 0 Å². The van der Waals surface area contributed by atoms with Crippen LogP contribution in [0.1, 0.15) is 47.4 Å². The molecule has 1 atom stereocenters. The smallest absolute Gasteiger partial charge is 0.235 e. The number of anilines is 1. The van der Waals surface area contributed by atoms with Crippen molar-refractivity contribution in [2.24, 2.45) is 0 Å². The van der Waals surface area contributed by atoms with E-state index < -0.39 is 0 Å². The van der Waals surface area contributed by atoms with E-state index in [-0.39, 0.29) is 11.2 Å². The number of aryl methyl sites for hydroxylation is 1. The van der Waals surface area contributed by atoms with Crippen LogP contribution in [-0.2, 0) is 4.79 Å². The lowest BCUT2D eigenvalue weighted by molar-refractivity contribution is -0.113. The molecule has 1 aromatic carbocycles. The molecule has 0 unspecified atom stereocenters. The monoisotopic (exact) mass is 419 g/mol. The van der Waals surface area contributed by atoms with Gasteiger partial charge in [0.15, 0.2) is 11.5 Å². The van der Waals surface area contributed by atoms with Crippen LogP contribution in [-0.4, -0.2) is 41.4 Å². The number of carbonyl (C=O) groups is 1. The van der Waals surface area contributed by atoms with Crippen LogP contribution in [0.5, 0.6) is 0 Å². The molecular weight excluding hydrogens is 398 g/mol. The highest BCUT2D eigenvalue weighted by Gasteiger charge is 2.31. The number of hydrogen-bond donors (Lipinski definition) is 2. The van der Waals surface area contributed by atoms with Crippen molar-refractivity contribution >= 4 is 34.7 Å². The predicted octanol–water partition coefficient (Wildman–Crippen LogP) is 3.75. The first kappa shape index (κ1) is 18.8. The fraction of sp³-hybridized carbons (Fsp3) is 0.286. The van der Waals surface area contributed by atoms with Crippen molar-refractivity contribution in [3.05, 3.63) is 59.3 Å². The number of amides is 1. The van der Waals surface area contributed by atoms with Gasteiger partial charge in [0, 0.05) is 5.56 Å². The molecule has 3 aromatic heterocycles. The molecule has 0 aliphatic carbocycles. The van der Waals surface area contributed by atoms with Gasteiger partial charge >= 0.3 is 0 Å². The summed E-state index contributed by atoms with van der Waals surface area (Å²) in [7, 11) is 0. The second-order valence-corrected chi connectivity index (χ2v) is 8.71. The number of rotatable bonds is 3. The molecule has 0 saturated heterocycles. The summed E-state index contributed by atoms with van der Waals surface area (Å²) in [6, 6.07) is 8.64. The number of benzene rings is 1. The number of nitrogens with zero attached hydrogens (tertiary/aromatic N) is 5. The summed E-state index contributed by atoms with van der Waals surface area (Å²) in [5.41, 5.74) is 5.52. The standard InChI is InChI=1S/C21H21N7OS/c1-11(2)13-4-6-14(7-5-13)18-16-12(3)27-28(20(16)26-15(29)8-30-18)21-17-19(23-9-22-17)24-10-25-21/h4-7,9-11,18H,8H2,1-3H3,(H,26,29)(H,22,23,24,25)/t18-/m1/s1. The molecule has 9 heteroatoms. The third kappa shape index (κ3) is 3.06. The van der Waals surface area contributed by atoms with Gasteiger partial charge in [-0.2, -0.15) is 9.78 Å². The summed E-state index contributed by atoms with van der Waals surface area (Å²) in [5, 5.41) is 7.78. The highest BCUT2D eigenvalue weighted by Crippen LogP contribution is 2.44. The van der Waals surface area contributed by atoms with Gasteiger partial charge in [-0.3, -0.25) is 4.79 Å². The van der Waals surface area contributed by atoms with Gasteiger partial charge in [0.1, 0.15) is 17.7 Å². The van der Waals surface area contributed by atoms with Crippen LogP contribution in [0.4, 0.5) is 5.82 Å². The lowest BCUT2D eigenvalue weighted by Gasteiger charge is -2.16. The van der Waals surface area contributed by atoms with E-state index in [1.54, 1.807) is 22.8 Å². The Bertz CT molecular complexity index is 1240. The summed E-state index contributed by atoms with van der Waals surface area (Å²) >= 11 is 1.61. The number of carbonyl (C=O) groups excluding carboxylic acids is 1. The number of fused-ring (bicyclic) bond motifs is 2. The Labute approximate surface area is 177 Å². The van der Waals surface area contributed by atoms with Gasteiger partial charge in [0.2, 0.25) is 5.91 Å². The minimum absolute atomic E-state index is 0.00647. The second kappa shape index (κ2) is 7.24. The number of aromatic nitrogens is 6. The molecule has 2 N–H and O–H groups in total. The van der Waals surface area contributed by atoms with Gasteiger partial charge in [-0.15, -0.1) is 11.8 Å². The van der Waals surface area contributed by atoms with E-state index in [2.05, 4.69) is 63.4 Å². The van der Waals surface area contributed by atoms with Crippen LogP contribution in [0.15, 0.2) is 36.9 Å². The zero-order chi connectivity index (χ0) is 20.8. The van der Waals surface area contributed by atoms with Gasteiger partial charge in [-0.05, 0) is 24.0 Å². The largest absolute Gasteiger partial charge is 0.340 e. The lowest BCUT2D eigenvalue weighted by Crippen LogP contribution is -2.16. The van der Waals surface area contributed by atoms with E-state index in [1.807, 2.05) is 6.92 Å². The first-order chi connectivity index (χ1) is 14.5. The normalized spacial score (nSPS) is 16.5. The highest BCUT2D eigenvalue weighted by atomic mass is 32.2. The SMILES string of the molecule is Cc1nn(-c2ncnc3nc[nH]c23)c2c1[C@@H](c1ccc(C(C)C)cc1)SCC(=O)N2. The Morgan fingerprint density at radius 3 is 2.73 bits per heavy atom. The second-order valence-electron chi connectivity index (χ2n) is 7.62. The summed E-state index contributed by atoms with van der Waals surface area (Å²) in [4.78, 5) is 28.4. The van der Waals surface area contributed by atoms with Crippen molar-refractivity contribution in [3.63, 3.8) is 0 Å². The van der Waals surface area contributed by atoms with Crippen LogP contribution < -0.4 is 5.32 Å². The molecule has 4 aromatic rings. The molecule has 0 saturated carbocycles. The number of H-pyrrole nitrogens is 1. The summed E-state index contributed by atoms with van der Waals surface area (Å²) < 4.78 is 1.69. The Balaban J connectivity index is 1.67. The quantitative estimate of drug-likeness (QED) is 0.524. The Morgan fingerprint density at radius 1 is 1.17 bits per heavy atom. The van der Waals surface area contributed by atoms with Crippen LogP contribution >= 0.6 is 11.8 Å². The Hall–Kier alpha value is -3.20. The van der Waals surface area contributed by atoms with Crippen molar-refractivity contribution in [2.75, 3.05) is 11.1 Å². The molecule has 1 aliphatic heterocycles. The molecular formula is C21H21N7OS. The van der Waals surface area contributed by atoms with Crippen LogP contribution in [0.3, 0.4) is 0 Å². The van der Waals surface area contributed by atoms with E-state index in [9.17, 15) is 4.79 Å². The van der Waals surface area contributed by atoms with E-state index >= 15 is 0 Å². The summed E-state index contributed by atoms with van der Waals surface area (Å²) in [5.74, 6) is 1.99. The average Bonchev–Trinajstić information content (AvgIpc) is 3.29. The Morgan fingerprint density at radius 2 is 1.97 bits per heavy atom. The number of imidazole rings is 1. The molecule has 8 nitrogen and oxygen atoms in total. The maximum absolute atomic E-state index is 12.5. The lowest BCUT2D eigenvalue weighted by atomic mass is 9.98. The molecule has 5 rings (SSSR count). The van der Waals surface area contributed by atoms with Gasteiger partial charge in [-0.25, -0.2) is 15.0 Å². The highest BCUT2D eigenvalue weighted by molar-refractivity contribution is 8.00.